The standard InChI is InChI=1S/C28H27ClN6O.C2HF3O2/c1-19-25(31-22-12-14-33(15-13-22)17-20-6-3-2-4-7-20)11-10-24-26(19)34-18-30-32-28(34)35(27(24)36)23-9-5-8-21(29)16-23;3-2(4,5)1(6)7/h2-11,16,18,22,31H,12-15,17H2,1H3;(H,6,7). The Morgan fingerprint density at radius 2 is 1.77 bits per heavy atom. The van der Waals surface area contributed by atoms with Gasteiger partial charge in [-0.05, 0) is 61.2 Å². The maximum Gasteiger partial charge on any atom is 0.490 e. The number of rotatable bonds is 5. The van der Waals surface area contributed by atoms with E-state index in [0.29, 0.717) is 27.9 Å². The average Bonchev–Trinajstić information content (AvgIpc) is 3.45. The second kappa shape index (κ2) is 12.4. The number of hydrogen-bond donors (Lipinski definition) is 2. The molecular weight excluding hydrogens is 585 g/mol. The molecule has 0 unspecified atom stereocenters. The highest BCUT2D eigenvalue weighted by molar-refractivity contribution is 6.30. The molecule has 1 fully saturated rings. The van der Waals surface area contributed by atoms with Crippen LogP contribution < -0.4 is 10.9 Å². The molecule has 13 heteroatoms. The van der Waals surface area contributed by atoms with Crippen LogP contribution in [0.4, 0.5) is 18.9 Å². The minimum atomic E-state index is -5.08. The van der Waals surface area contributed by atoms with Crippen molar-refractivity contribution in [3.8, 4) is 5.69 Å². The number of alkyl halides is 3. The second-order valence-electron chi connectivity index (χ2n) is 10.2. The Hall–Kier alpha value is -4.42. The van der Waals surface area contributed by atoms with E-state index in [1.165, 1.54) is 5.56 Å². The normalized spacial score (nSPS) is 14.4. The number of aryl methyl sites for hydroxylation is 1. The minimum Gasteiger partial charge on any atom is -0.475 e. The van der Waals surface area contributed by atoms with E-state index >= 15 is 0 Å². The lowest BCUT2D eigenvalue weighted by Crippen LogP contribution is -2.38. The van der Waals surface area contributed by atoms with E-state index < -0.39 is 12.1 Å². The molecule has 5 aromatic rings. The zero-order valence-electron chi connectivity index (χ0n) is 23.1. The van der Waals surface area contributed by atoms with Gasteiger partial charge in [-0.2, -0.15) is 13.2 Å². The number of carboxylic acids is 1. The molecule has 2 N–H and O–H groups in total. The highest BCUT2D eigenvalue weighted by atomic mass is 35.5. The Labute approximate surface area is 249 Å². The van der Waals surface area contributed by atoms with Crippen LogP contribution in [0.5, 0.6) is 0 Å². The van der Waals surface area contributed by atoms with E-state index in [9.17, 15) is 18.0 Å². The lowest BCUT2D eigenvalue weighted by molar-refractivity contribution is -0.192. The molecule has 0 spiro atoms. The van der Waals surface area contributed by atoms with Gasteiger partial charge in [0.05, 0.1) is 16.6 Å². The smallest absolute Gasteiger partial charge is 0.475 e. The van der Waals surface area contributed by atoms with Gasteiger partial charge < -0.3 is 10.4 Å². The van der Waals surface area contributed by atoms with E-state index in [1.54, 1.807) is 23.0 Å². The number of hydrogen-bond acceptors (Lipinski definition) is 6. The van der Waals surface area contributed by atoms with E-state index in [1.807, 2.05) is 28.7 Å². The molecule has 6 rings (SSSR count). The number of aromatic nitrogens is 4. The molecular formula is C30H28ClF3N6O3. The molecule has 3 heterocycles. The summed E-state index contributed by atoms with van der Waals surface area (Å²) in [7, 11) is 0. The zero-order valence-corrected chi connectivity index (χ0v) is 23.8. The summed E-state index contributed by atoms with van der Waals surface area (Å²) >= 11 is 6.21. The van der Waals surface area contributed by atoms with E-state index in [2.05, 4.69) is 57.7 Å². The lowest BCUT2D eigenvalue weighted by atomic mass is 10.0. The van der Waals surface area contributed by atoms with Gasteiger partial charge in [0.1, 0.15) is 6.33 Å². The Kier molecular flexibility index (Phi) is 8.69. The van der Waals surface area contributed by atoms with Gasteiger partial charge in [-0.3, -0.25) is 14.1 Å². The topological polar surface area (TPSA) is 105 Å². The number of benzene rings is 3. The number of likely N-dealkylation sites (tertiary alicyclic amines) is 1. The first-order chi connectivity index (χ1) is 20.5. The van der Waals surface area contributed by atoms with Crippen LogP contribution in [0.1, 0.15) is 24.0 Å². The van der Waals surface area contributed by atoms with E-state index in [4.69, 9.17) is 21.5 Å². The molecule has 0 aliphatic carbocycles. The molecule has 1 aliphatic heterocycles. The molecule has 0 radical (unpaired) electrons. The van der Waals surface area contributed by atoms with Gasteiger partial charge in [0.25, 0.3) is 5.56 Å². The third kappa shape index (κ3) is 6.65. The largest absolute Gasteiger partial charge is 0.490 e. The molecule has 0 amide bonds. The van der Waals surface area contributed by atoms with Crippen molar-refractivity contribution in [1.82, 2.24) is 24.1 Å². The first-order valence-corrected chi connectivity index (χ1v) is 13.9. The first-order valence-electron chi connectivity index (χ1n) is 13.5. The number of halogens is 4. The minimum absolute atomic E-state index is 0.142. The van der Waals surface area contributed by atoms with Gasteiger partial charge >= 0.3 is 12.1 Å². The molecule has 0 atom stereocenters. The summed E-state index contributed by atoms with van der Waals surface area (Å²) in [6.07, 6.45) is -1.28. The summed E-state index contributed by atoms with van der Waals surface area (Å²) in [5.41, 5.74) is 4.75. The second-order valence-corrected chi connectivity index (χ2v) is 10.7. The van der Waals surface area contributed by atoms with Crippen molar-refractivity contribution in [2.24, 2.45) is 0 Å². The molecule has 3 aromatic carbocycles. The summed E-state index contributed by atoms with van der Waals surface area (Å²) in [6.45, 7) is 5.16. The van der Waals surface area contributed by atoms with Crippen LogP contribution in [0.3, 0.4) is 0 Å². The quantitative estimate of drug-likeness (QED) is 0.262. The van der Waals surface area contributed by atoms with E-state index in [0.717, 1.165) is 49.2 Å². The van der Waals surface area contributed by atoms with Crippen molar-refractivity contribution in [2.75, 3.05) is 18.4 Å². The maximum absolute atomic E-state index is 13.6. The molecule has 1 aliphatic rings. The highest BCUT2D eigenvalue weighted by Crippen LogP contribution is 2.28. The summed E-state index contributed by atoms with van der Waals surface area (Å²) < 4.78 is 35.2. The van der Waals surface area contributed by atoms with Crippen LogP contribution in [0.15, 0.2) is 77.9 Å². The van der Waals surface area contributed by atoms with Crippen molar-refractivity contribution in [2.45, 2.75) is 38.5 Å². The predicted molar refractivity (Wildman–Crippen MR) is 158 cm³/mol. The number of nitrogens with one attached hydrogen (secondary N) is 1. The van der Waals surface area contributed by atoms with E-state index in [-0.39, 0.29) is 5.56 Å². The Bertz CT molecular complexity index is 1820. The maximum atomic E-state index is 13.6. The lowest BCUT2D eigenvalue weighted by Gasteiger charge is -2.33. The molecule has 2 aromatic heterocycles. The highest BCUT2D eigenvalue weighted by Gasteiger charge is 2.38. The fraction of sp³-hybridized carbons (Fsp3) is 0.267. The van der Waals surface area contributed by atoms with Crippen LogP contribution in [-0.4, -0.2) is 60.4 Å². The Balaban J connectivity index is 0.000000472. The van der Waals surface area contributed by atoms with Gasteiger partial charge in [0, 0.05) is 36.4 Å². The molecule has 1 saturated heterocycles. The molecule has 0 saturated carbocycles. The van der Waals surface area contributed by atoms with Crippen LogP contribution >= 0.6 is 11.6 Å². The number of aliphatic carboxylic acids is 1. The monoisotopic (exact) mass is 612 g/mol. The van der Waals surface area contributed by atoms with Gasteiger partial charge in [-0.25, -0.2) is 9.36 Å². The van der Waals surface area contributed by atoms with Gasteiger partial charge in [-0.1, -0.05) is 48.0 Å². The van der Waals surface area contributed by atoms with Crippen molar-refractivity contribution in [1.29, 1.82) is 0 Å². The molecule has 0 bridgehead atoms. The average molecular weight is 613 g/mol. The van der Waals surface area contributed by atoms with Crippen molar-refractivity contribution < 1.29 is 23.1 Å². The third-order valence-corrected chi connectivity index (χ3v) is 7.58. The molecule has 43 heavy (non-hydrogen) atoms. The molecule has 9 nitrogen and oxygen atoms in total. The number of carboxylic acid groups (broad SMARTS) is 1. The predicted octanol–water partition coefficient (Wildman–Crippen LogP) is 5.71. The fourth-order valence-electron chi connectivity index (χ4n) is 5.23. The summed E-state index contributed by atoms with van der Waals surface area (Å²) in [4.78, 5) is 25.0. The van der Waals surface area contributed by atoms with Gasteiger partial charge in [0.15, 0.2) is 0 Å². The summed E-state index contributed by atoms with van der Waals surface area (Å²) in [5.74, 6) is -2.29. The Morgan fingerprint density at radius 3 is 2.42 bits per heavy atom. The van der Waals surface area contributed by atoms with Crippen LogP contribution in [0.2, 0.25) is 5.02 Å². The fourth-order valence-corrected chi connectivity index (χ4v) is 5.42. The zero-order chi connectivity index (χ0) is 30.7. The van der Waals surface area contributed by atoms with Crippen molar-refractivity contribution >= 4 is 39.9 Å². The number of nitrogens with zero attached hydrogens (tertiary/aromatic N) is 5. The third-order valence-electron chi connectivity index (χ3n) is 7.34. The number of piperidine rings is 1. The Morgan fingerprint density at radius 1 is 1.07 bits per heavy atom. The van der Waals surface area contributed by atoms with Gasteiger partial charge in [0.2, 0.25) is 5.78 Å². The first kappa shape index (κ1) is 30.1. The van der Waals surface area contributed by atoms with Crippen molar-refractivity contribution in [3.05, 3.63) is 99.6 Å². The number of anilines is 1. The van der Waals surface area contributed by atoms with Crippen LogP contribution in [-0.2, 0) is 11.3 Å². The van der Waals surface area contributed by atoms with Crippen LogP contribution in [0, 0.1) is 6.92 Å². The SMILES string of the molecule is Cc1c(NC2CCN(Cc3ccccc3)CC2)ccc2c(=O)n(-c3cccc(Cl)c3)c3nncn3c12.O=C(O)C(F)(F)F. The van der Waals surface area contributed by atoms with Crippen LogP contribution in [0.25, 0.3) is 22.4 Å². The number of carbonyl (C=O) groups is 1. The summed E-state index contributed by atoms with van der Waals surface area (Å²) in [6, 6.07) is 22.2. The number of fused-ring (bicyclic) bond motifs is 3. The summed E-state index contributed by atoms with van der Waals surface area (Å²) in [5, 5.41) is 20.4. The molecule has 224 valence electrons. The van der Waals surface area contributed by atoms with Crippen molar-refractivity contribution in [3.63, 3.8) is 0 Å². The van der Waals surface area contributed by atoms with Gasteiger partial charge in [-0.15, -0.1) is 10.2 Å².